The van der Waals surface area contributed by atoms with Crippen LogP contribution in [0.3, 0.4) is 0 Å². The van der Waals surface area contributed by atoms with Crippen molar-refractivity contribution < 1.29 is 9.90 Å². The molecule has 0 aromatic carbocycles. The molecule has 2 aromatic heterocycles. The van der Waals surface area contributed by atoms with Crippen molar-refractivity contribution in [2.24, 2.45) is 5.92 Å². The second-order valence-electron chi connectivity index (χ2n) is 6.89. The highest BCUT2D eigenvalue weighted by molar-refractivity contribution is 5.94. The second-order valence-corrected chi connectivity index (χ2v) is 6.89. The number of rotatable bonds is 3. The summed E-state index contributed by atoms with van der Waals surface area (Å²) in [7, 11) is 0. The minimum absolute atomic E-state index is 0.00926. The van der Waals surface area contributed by atoms with Gasteiger partial charge in [-0.25, -0.2) is 4.98 Å². The number of carbonyl (C=O) groups excluding carboxylic acids is 1. The van der Waals surface area contributed by atoms with Crippen LogP contribution in [-0.4, -0.2) is 44.2 Å². The summed E-state index contributed by atoms with van der Waals surface area (Å²) in [5.74, 6) is 1.36. The molecule has 0 unspecified atom stereocenters. The summed E-state index contributed by atoms with van der Waals surface area (Å²) in [5.41, 5.74) is 0.607. The Hall–Kier alpha value is -2.14. The summed E-state index contributed by atoms with van der Waals surface area (Å²) in [6.45, 7) is 0.0492. The van der Waals surface area contributed by atoms with E-state index < -0.39 is 0 Å². The van der Waals surface area contributed by atoms with E-state index in [9.17, 15) is 9.90 Å². The van der Waals surface area contributed by atoms with Gasteiger partial charge in [0.1, 0.15) is 5.82 Å². The van der Waals surface area contributed by atoms with Crippen molar-refractivity contribution in [2.45, 2.75) is 44.2 Å². The molecule has 3 heterocycles. The molecule has 1 N–H and O–H groups in total. The predicted molar refractivity (Wildman–Crippen MR) is 91.0 cm³/mol. The summed E-state index contributed by atoms with van der Waals surface area (Å²) in [4.78, 5) is 19.4. The summed E-state index contributed by atoms with van der Waals surface area (Å²) in [6.07, 6.45) is 11.1. The molecule has 1 saturated heterocycles. The fourth-order valence-electron chi connectivity index (χ4n) is 4.34. The number of hydrogen-bond donors (Lipinski definition) is 1. The van der Waals surface area contributed by atoms with Gasteiger partial charge in [0.15, 0.2) is 0 Å². The van der Waals surface area contributed by atoms with E-state index in [0.29, 0.717) is 11.5 Å². The van der Waals surface area contributed by atoms with E-state index >= 15 is 0 Å². The van der Waals surface area contributed by atoms with E-state index in [1.807, 2.05) is 46.1 Å². The molecule has 126 valence electrons. The summed E-state index contributed by atoms with van der Waals surface area (Å²) in [6, 6.07) is 7.84. The minimum Gasteiger partial charge on any atom is -0.394 e. The number of carbonyl (C=O) groups is 1. The SMILES string of the molecule is O=C(c1ccc(-n2cccc2)nc1)N1[C@H](CO)C[C@@H]2CCCC[C@@H]21. The molecule has 2 aliphatic rings. The van der Waals surface area contributed by atoms with E-state index in [1.165, 1.54) is 19.3 Å². The average molecular weight is 325 g/mol. The molecule has 5 nitrogen and oxygen atoms in total. The maximum absolute atomic E-state index is 13.0. The normalized spacial score (nSPS) is 26.4. The Morgan fingerprint density at radius 3 is 2.71 bits per heavy atom. The Morgan fingerprint density at radius 1 is 1.21 bits per heavy atom. The molecule has 24 heavy (non-hydrogen) atoms. The van der Waals surface area contributed by atoms with Gasteiger partial charge in [-0.2, -0.15) is 0 Å². The van der Waals surface area contributed by atoms with Crippen LogP contribution in [0, 0.1) is 5.92 Å². The summed E-state index contributed by atoms with van der Waals surface area (Å²) in [5, 5.41) is 9.74. The van der Waals surface area contributed by atoms with Gasteiger partial charge in [-0.15, -0.1) is 0 Å². The Kier molecular flexibility index (Phi) is 4.10. The van der Waals surface area contributed by atoms with E-state index in [4.69, 9.17) is 0 Å². The molecule has 1 amide bonds. The van der Waals surface area contributed by atoms with Crippen LogP contribution in [0.5, 0.6) is 0 Å². The number of hydrogen-bond acceptors (Lipinski definition) is 3. The third-order valence-corrected chi connectivity index (χ3v) is 5.50. The average Bonchev–Trinajstić information content (AvgIpc) is 3.28. The van der Waals surface area contributed by atoms with Crippen LogP contribution in [0.1, 0.15) is 42.5 Å². The lowest BCUT2D eigenvalue weighted by Gasteiger charge is -2.33. The van der Waals surface area contributed by atoms with Crippen LogP contribution in [0.25, 0.3) is 5.82 Å². The van der Waals surface area contributed by atoms with Crippen molar-refractivity contribution in [3.05, 3.63) is 48.4 Å². The zero-order valence-corrected chi connectivity index (χ0v) is 13.7. The summed E-state index contributed by atoms with van der Waals surface area (Å²) >= 11 is 0. The van der Waals surface area contributed by atoms with E-state index in [0.717, 1.165) is 18.7 Å². The molecule has 4 rings (SSSR count). The smallest absolute Gasteiger partial charge is 0.256 e. The van der Waals surface area contributed by atoms with Crippen molar-refractivity contribution in [2.75, 3.05) is 6.61 Å². The van der Waals surface area contributed by atoms with Crippen LogP contribution < -0.4 is 0 Å². The van der Waals surface area contributed by atoms with Gasteiger partial charge in [0.05, 0.1) is 18.2 Å². The molecule has 0 bridgehead atoms. The number of fused-ring (bicyclic) bond motifs is 1. The topological polar surface area (TPSA) is 58.4 Å². The fraction of sp³-hybridized carbons (Fsp3) is 0.474. The molecule has 1 aliphatic heterocycles. The number of aromatic nitrogens is 2. The van der Waals surface area contributed by atoms with Gasteiger partial charge in [-0.05, 0) is 49.4 Å². The second kappa shape index (κ2) is 6.40. The predicted octanol–water partition coefficient (Wildman–Crippen LogP) is 2.64. The zero-order valence-electron chi connectivity index (χ0n) is 13.7. The lowest BCUT2D eigenvalue weighted by atomic mass is 9.84. The number of amides is 1. The van der Waals surface area contributed by atoms with Crippen molar-refractivity contribution in [3.63, 3.8) is 0 Å². The van der Waals surface area contributed by atoms with E-state index in [-0.39, 0.29) is 24.6 Å². The van der Waals surface area contributed by atoms with Crippen molar-refractivity contribution in [1.82, 2.24) is 14.5 Å². The lowest BCUT2D eigenvalue weighted by Crippen LogP contribution is -2.44. The Balaban J connectivity index is 1.58. The quantitative estimate of drug-likeness (QED) is 0.944. The Labute approximate surface area is 141 Å². The van der Waals surface area contributed by atoms with Gasteiger partial charge >= 0.3 is 0 Å². The van der Waals surface area contributed by atoms with Gasteiger partial charge in [0.2, 0.25) is 0 Å². The molecular weight excluding hydrogens is 302 g/mol. The number of aliphatic hydroxyl groups is 1. The molecule has 0 radical (unpaired) electrons. The van der Waals surface area contributed by atoms with Crippen LogP contribution >= 0.6 is 0 Å². The van der Waals surface area contributed by atoms with Gasteiger partial charge in [0.25, 0.3) is 5.91 Å². The van der Waals surface area contributed by atoms with Crippen molar-refractivity contribution in [3.8, 4) is 5.82 Å². The van der Waals surface area contributed by atoms with Crippen molar-refractivity contribution >= 4 is 5.91 Å². The van der Waals surface area contributed by atoms with Gasteiger partial charge < -0.3 is 14.6 Å². The molecule has 3 atom stereocenters. The molecule has 1 aliphatic carbocycles. The van der Waals surface area contributed by atoms with E-state index in [2.05, 4.69) is 4.98 Å². The highest BCUT2D eigenvalue weighted by Crippen LogP contribution is 2.40. The molecule has 0 spiro atoms. The third kappa shape index (κ3) is 2.63. The maximum Gasteiger partial charge on any atom is 0.256 e. The number of pyridine rings is 1. The monoisotopic (exact) mass is 325 g/mol. The molecule has 2 fully saturated rings. The van der Waals surface area contributed by atoms with Crippen LogP contribution in [0.4, 0.5) is 0 Å². The maximum atomic E-state index is 13.0. The first kappa shape index (κ1) is 15.4. The summed E-state index contributed by atoms with van der Waals surface area (Å²) < 4.78 is 1.91. The fourth-order valence-corrected chi connectivity index (χ4v) is 4.34. The third-order valence-electron chi connectivity index (χ3n) is 5.50. The number of likely N-dealkylation sites (tertiary alicyclic amines) is 1. The number of nitrogens with zero attached hydrogens (tertiary/aromatic N) is 3. The largest absolute Gasteiger partial charge is 0.394 e. The van der Waals surface area contributed by atoms with Gasteiger partial charge in [-0.3, -0.25) is 4.79 Å². The highest BCUT2D eigenvalue weighted by atomic mass is 16.3. The van der Waals surface area contributed by atoms with E-state index in [1.54, 1.807) is 6.20 Å². The minimum atomic E-state index is -0.0466. The first-order valence-electron chi connectivity index (χ1n) is 8.81. The van der Waals surface area contributed by atoms with Crippen LogP contribution in [-0.2, 0) is 0 Å². The number of aliphatic hydroxyl groups excluding tert-OH is 1. The van der Waals surface area contributed by atoms with Crippen LogP contribution in [0.15, 0.2) is 42.9 Å². The standard InChI is InChI=1S/C19H23N3O2/c23-13-16-11-14-5-1-2-6-17(14)22(16)19(24)15-7-8-18(20-12-15)21-9-3-4-10-21/h3-4,7-10,12,14,16-17,23H,1-2,5-6,11,13H2/t14-,16-,17-/m0/s1. The van der Waals surface area contributed by atoms with Gasteiger partial charge in [0, 0.05) is 24.6 Å². The first-order valence-corrected chi connectivity index (χ1v) is 8.81. The van der Waals surface area contributed by atoms with Crippen LogP contribution in [0.2, 0.25) is 0 Å². The zero-order chi connectivity index (χ0) is 16.5. The Morgan fingerprint density at radius 2 is 2.00 bits per heavy atom. The highest BCUT2D eigenvalue weighted by Gasteiger charge is 2.44. The molecule has 5 heteroatoms. The lowest BCUT2D eigenvalue weighted by molar-refractivity contribution is 0.0553. The first-order chi connectivity index (χ1) is 11.8. The van der Waals surface area contributed by atoms with Gasteiger partial charge in [-0.1, -0.05) is 12.8 Å². The molecule has 2 aromatic rings. The molecule has 1 saturated carbocycles. The Bertz CT molecular complexity index is 696. The molecular formula is C19H23N3O2. The van der Waals surface area contributed by atoms with Crippen molar-refractivity contribution in [1.29, 1.82) is 0 Å².